The van der Waals surface area contributed by atoms with Gasteiger partial charge in [0.1, 0.15) is 5.02 Å². The number of esters is 1. The molecule has 0 spiro atoms. The van der Waals surface area contributed by atoms with Crippen molar-refractivity contribution in [3.63, 3.8) is 0 Å². The van der Waals surface area contributed by atoms with Crippen molar-refractivity contribution in [1.82, 2.24) is 5.32 Å². The lowest BCUT2D eigenvalue weighted by Crippen LogP contribution is -2.35. The average Bonchev–Trinajstić information content (AvgIpc) is 2.68. The molecule has 0 fully saturated rings. The zero-order valence-electron chi connectivity index (χ0n) is 15.4. The second kappa shape index (κ2) is 10.2. The highest BCUT2D eigenvalue weighted by Crippen LogP contribution is 2.27. The molecular formula is C19H18ClN3O6. The molecule has 10 heteroatoms. The van der Waals surface area contributed by atoms with Crippen molar-refractivity contribution < 1.29 is 24.0 Å². The van der Waals surface area contributed by atoms with Crippen molar-refractivity contribution >= 4 is 40.8 Å². The Kier molecular flexibility index (Phi) is 7.67. The van der Waals surface area contributed by atoms with Gasteiger partial charge in [0.2, 0.25) is 0 Å². The summed E-state index contributed by atoms with van der Waals surface area (Å²) in [5, 5.41) is 15.8. The number of carbonyl (C=O) groups excluding carboxylic acids is 3. The first kappa shape index (κ1) is 21.8. The first-order valence-corrected chi connectivity index (χ1v) is 8.89. The van der Waals surface area contributed by atoms with E-state index in [0.29, 0.717) is 5.56 Å². The van der Waals surface area contributed by atoms with Gasteiger partial charge in [0.15, 0.2) is 6.61 Å². The summed E-state index contributed by atoms with van der Waals surface area (Å²) in [7, 11) is 0. The number of hydrogen-bond donors (Lipinski definition) is 2. The molecule has 1 atom stereocenters. The average molecular weight is 420 g/mol. The van der Waals surface area contributed by atoms with Crippen LogP contribution >= 0.6 is 11.6 Å². The molecule has 0 bridgehead atoms. The van der Waals surface area contributed by atoms with E-state index in [4.69, 9.17) is 16.3 Å². The van der Waals surface area contributed by atoms with E-state index in [1.807, 2.05) is 0 Å². The summed E-state index contributed by atoms with van der Waals surface area (Å²) in [6, 6.07) is 11.8. The number of nitrogens with one attached hydrogen (secondary N) is 2. The second-order valence-electron chi connectivity index (χ2n) is 6.08. The number of halogens is 1. The van der Waals surface area contributed by atoms with E-state index in [1.165, 1.54) is 12.1 Å². The molecule has 152 valence electrons. The normalized spacial score (nSPS) is 11.2. The van der Waals surface area contributed by atoms with Gasteiger partial charge in [-0.15, -0.1) is 0 Å². The topological polar surface area (TPSA) is 128 Å². The van der Waals surface area contributed by atoms with Crippen molar-refractivity contribution in [1.29, 1.82) is 0 Å². The fourth-order valence-electron chi connectivity index (χ4n) is 2.33. The number of nitro benzene ring substituents is 1. The van der Waals surface area contributed by atoms with Crippen LogP contribution in [0, 0.1) is 10.1 Å². The molecule has 0 heterocycles. The zero-order chi connectivity index (χ0) is 21.4. The molecule has 29 heavy (non-hydrogen) atoms. The van der Waals surface area contributed by atoms with Crippen molar-refractivity contribution in [2.75, 3.05) is 11.9 Å². The van der Waals surface area contributed by atoms with Crippen LogP contribution in [0.5, 0.6) is 0 Å². The van der Waals surface area contributed by atoms with Crippen LogP contribution in [0.3, 0.4) is 0 Å². The van der Waals surface area contributed by atoms with E-state index in [2.05, 4.69) is 10.6 Å². The Morgan fingerprint density at radius 2 is 1.86 bits per heavy atom. The van der Waals surface area contributed by atoms with E-state index >= 15 is 0 Å². The van der Waals surface area contributed by atoms with E-state index in [1.54, 1.807) is 37.3 Å². The first-order valence-electron chi connectivity index (χ1n) is 8.51. The number of rotatable bonds is 8. The van der Waals surface area contributed by atoms with Crippen molar-refractivity contribution in [3.05, 3.63) is 69.2 Å². The molecule has 1 unspecified atom stereocenters. The first-order chi connectivity index (χ1) is 13.8. The van der Waals surface area contributed by atoms with Gasteiger partial charge >= 0.3 is 5.97 Å². The predicted molar refractivity (Wildman–Crippen MR) is 106 cm³/mol. The third kappa shape index (κ3) is 6.89. The third-order valence-electron chi connectivity index (χ3n) is 3.68. The maximum absolute atomic E-state index is 12.0. The Bertz CT molecular complexity index is 919. The summed E-state index contributed by atoms with van der Waals surface area (Å²) in [4.78, 5) is 45.9. The lowest BCUT2D eigenvalue weighted by atomic mass is 10.2. The van der Waals surface area contributed by atoms with Crippen LogP contribution in [0.2, 0.25) is 5.02 Å². The SMILES string of the molecule is CC(CC(=O)OCC(=O)Nc1ccc(Cl)c([N+](=O)[O-])c1)NC(=O)c1ccccc1. The molecule has 2 aromatic rings. The van der Waals surface area contributed by atoms with Crippen LogP contribution in [0.25, 0.3) is 0 Å². The number of ether oxygens (including phenoxy) is 1. The predicted octanol–water partition coefficient (Wildman–Crippen LogP) is 2.94. The molecule has 0 aliphatic carbocycles. The fourth-order valence-corrected chi connectivity index (χ4v) is 2.52. The van der Waals surface area contributed by atoms with Gasteiger partial charge < -0.3 is 15.4 Å². The van der Waals surface area contributed by atoms with E-state index in [0.717, 1.165) is 6.07 Å². The standard InChI is InChI=1S/C19H18ClN3O6/c1-12(21-19(26)13-5-3-2-4-6-13)9-18(25)29-11-17(24)22-14-7-8-15(20)16(10-14)23(27)28/h2-8,10,12H,9,11H2,1H3,(H,21,26)(H,22,24). The van der Waals surface area contributed by atoms with Gasteiger partial charge in [0, 0.05) is 23.4 Å². The minimum absolute atomic E-state index is 0.0639. The summed E-state index contributed by atoms with van der Waals surface area (Å²) in [6.07, 6.45) is -0.127. The lowest BCUT2D eigenvalue weighted by molar-refractivity contribution is -0.384. The number of nitrogens with zero attached hydrogens (tertiary/aromatic N) is 1. The van der Waals surface area contributed by atoms with Crippen LogP contribution in [0.15, 0.2) is 48.5 Å². The minimum Gasteiger partial charge on any atom is -0.455 e. The van der Waals surface area contributed by atoms with Gasteiger partial charge in [0.25, 0.3) is 17.5 Å². The van der Waals surface area contributed by atoms with Gasteiger partial charge in [-0.3, -0.25) is 24.5 Å². The molecule has 0 saturated heterocycles. The number of anilines is 1. The molecule has 2 rings (SSSR count). The Labute approximate surface area is 171 Å². The van der Waals surface area contributed by atoms with Crippen molar-refractivity contribution in [2.45, 2.75) is 19.4 Å². The monoisotopic (exact) mass is 419 g/mol. The molecular weight excluding hydrogens is 402 g/mol. The molecule has 2 amide bonds. The number of amides is 2. The molecule has 0 radical (unpaired) electrons. The van der Waals surface area contributed by atoms with Crippen LogP contribution in [-0.2, 0) is 14.3 Å². The Balaban J connectivity index is 1.78. The molecule has 0 saturated carbocycles. The molecule has 0 aliphatic heterocycles. The Hall–Kier alpha value is -3.46. The minimum atomic E-state index is -0.678. The van der Waals surface area contributed by atoms with Crippen LogP contribution in [0.4, 0.5) is 11.4 Å². The molecule has 2 N–H and O–H groups in total. The van der Waals surface area contributed by atoms with Gasteiger partial charge in [0.05, 0.1) is 11.3 Å². The highest BCUT2D eigenvalue weighted by Gasteiger charge is 2.17. The molecule has 0 aromatic heterocycles. The molecule has 9 nitrogen and oxygen atoms in total. The summed E-state index contributed by atoms with van der Waals surface area (Å²) in [5.41, 5.74) is 0.249. The quantitative estimate of drug-likeness (QED) is 0.384. The second-order valence-corrected chi connectivity index (χ2v) is 6.48. The van der Waals surface area contributed by atoms with E-state index < -0.39 is 29.4 Å². The smallest absolute Gasteiger partial charge is 0.308 e. The highest BCUT2D eigenvalue weighted by atomic mass is 35.5. The van der Waals surface area contributed by atoms with E-state index in [-0.39, 0.29) is 28.7 Å². The van der Waals surface area contributed by atoms with Crippen molar-refractivity contribution in [3.8, 4) is 0 Å². The summed E-state index contributed by atoms with van der Waals surface area (Å²) in [5.74, 6) is -1.67. The molecule has 2 aromatic carbocycles. The number of nitro groups is 1. The van der Waals surface area contributed by atoms with Gasteiger partial charge in [-0.25, -0.2) is 0 Å². The summed E-state index contributed by atoms with van der Waals surface area (Å²) in [6.45, 7) is 1.06. The maximum Gasteiger partial charge on any atom is 0.308 e. The zero-order valence-corrected chi connectivity index (χ0v) is 16.1. The Morgan fingerprint density at radius 1 is 1.17 bits per heavy atom. The highest BCUT2D eigenvalue weighted by molar-refractivity contribution is 6.32. The lowest BCUT2D eigenvalue weighted by Gasteiger charge is -2.13. The van der Waals surface area contributed by atoms with Gasteiger partial charge in [-0.1, -0.05) is 29.8 Å². The fraction of sp³-hybridized carbons (Fsp3) is 0.211. The number of benzene rings is 2. The number of hydrogen-bond acceptors (Lipinski definition) is 6. The summed E-state index contributed by atoms with van der Waals surface area (Å²) < 4.78 is 4.87. The van der Waals surface area contributed by atoms with Gasteiger partial charge in [-0.2, -0.15) is 0 Å². The number of carbonyl (C=O) groups is 3. The Morgan fingerprint density at radius 3 is 2.52 bits per heavy atom. The third-order valence-corrected chi connectivity index (χ3v) is 4.00. The van der Waals surface area contributed by atoms with Crippen molar-refractivity contribution in [2.24, 2.45) is 0 Å². The largest absolute Gasteiger partial charge is 0.455 e. The summed E-state index contributed by atoms with van der Waals surface area (Å²) >= 11 is 5.70. The maximum atomic E-state index is 12.0. The van der Waals surface area contributed by atoms with Crippen LogP contribution < -0.4 is 10.6 Å². The van der Waals surface area contributed by atoms with Gasteiger partial charge in [-0.05, 0) is 31.2 Å². The van der Waals surface area contributed by atoms with E-state index in [9.17, 15) is 24.5 Å². The molecule has 0 aliphatic rings. The van der Waals surface area contributed by atoms with Crippen LogP contribution in [0.1, 0.15) is 23.7 Å². The van der Waals surface area contributed by atoms with Crippen LogP contribution in [-0.4, -0.2) is 35.4 Å².